The van der Waals surface area contributed by atoms with Gasteiger partial charge in [0.15, 0.2) is 19.7 Å². The topological polar surface area (TPSA) is 80.3 Å². The Hall–Kier alpha value is -0.890. The zero-order valence-corrected chi connectivity index (χ0v) is 16.9. The number of hydrogen-bond donors (Lipinski definition) is 1. The Balaban J connectivity index is 1.73. The third-order valence-electron chi connectivity index (χ3n) is 5.08. The summed E-state index contributed by atoms with van der Waals surface area (Å²) in [5.74, 6) is -0.470. The summed E-state index contributed by atoms with van der Waals surface area (Å²) in [6.45, 7) is 0.596. The standard InChI is InChI=1S/C18H24ClNO4S2/c19-15-6-8-16(9-7-15)26(23,24)18-13-25(21,22)12-17(18)20-11-10-14-4-2-1-3-5-14/h4,6-9,17-18,20H,1-3,5,10-13H2/t17-,18-/m0/s1. The van der Waals surface area contributed by atoms with Crippen LogP contribution < -0.4 is 5.32 Å². The van der Waals surface area contributed by atoms with Gasteiger partial charge in [-0.2, -0.15) is 0 Å². The fourth-order valence-electron chi connectivity index (χ4n) is 3.66. The zero-order chi connectivity index (χ0) is 18.8. The molecule has 1 aromatic carbocycles. The highest BCUT2D eigenvalue weighted by atomic mass is 35.5. The van der Waals surface area contributed by atoms with Crippen molar-refractivity contribution in [3.05, 3.63) is 40.9 Å². The van der Waals surface area contributed by atoms with Gasteiger partial charge in [-0.05, 0) is 62.9 Å². The number of allylic oxidation sites excluding steroid dienone is 1. The van der Waals surface area contributed by atoms with E-state index in [-0.39, 0.29) is 16.4 Å². The number of rotatable bonds is 6. The summed E-state index contributed by atoms with van der Waals surface area (Å²) in [4.78, 5) is 0.116. The molecular weight excluding hydrogens is 394 g/mol. The molecule has 0 bridgehead atoms. The van der Waals surface area contributed by atoms with Crippen molar-refractivity contribution in [1.82, 2.24) is 5.32 Å². The normalized spacial score (nSPS) is 25.8. The summed E-state index contributed by atoms with van der Waals surface area (Å²) >= 11 is 5.83. The summed E-state index contributed by atoms with van der Waals surface area (Å²) < 4.78 is 50.1. The number of hydrogen-bond acceptors (Lipinski definition) is 5. The Kier molecular flexibility index (Phi) is 6.11. The molecule has 144 valence electrons. The first kappa shape index (κ1) is 19.9. The van der Waals surface area contributed by atoms with E-state index in [2.05, 4.69) is 11.4 Å². The van der Waals surface area contributed by atoms with E-state index in [0.717, 1.165) is 19.3 Å². The van der Waals surface area contributed by atoms with Crippen LogP contribution in [0.15, 0.2) is 40.8 Å². The summed E-state index contributed by atoms with van der Waals surface area (Å²) in [5, 5.41) is 2.68. The molecule has 1 aliphatic carbocycles. The molecule has 0 saturated carbocycles. The van der Waals surface area contributed by atoms with Crippen LogP contribution >= 0.6 is 11.6 Å². The third-order valence-corrected chi connectivity index (χ3v) is 9.50. The molecule has 1 fully saturated rings. The Morgan fingerprint density at radius 3 is 2.50 bits per heavy atom. The van der Waals surface area contributed by atoms with Gasteiger partial charge in [0.2, 0.25) is 0 Å². The predicted octanol–water partition coefficient (Wildman–Crippen LogP) is 2.76. The van der Waals surface area contributed by atoms with E-state index in [1.54, 1.807) is 0 Å². The van der Waals surface area contributed by atoms with Gasteiger partial charge in [0.25, 0.3) is 0 Å². The maximum absolute atomic E-state index is 12.9. The molecule has 2 aliphatic rings. The summed E-state index contributed by atoms with van der Waals surface area (Å²) in [7, 11) is -7.13. The molecule has 1 heterocycles. The van der Waals surface area contributed by atoms with Crippen LogP contribution in [0.4, 0.5) is 0 Å². The van der Waals surface area contributed by atoms with E-state index >= 15 is 0 Å². The average Bonchev–Trinajstić information content (AvgIpc) is 2.92. The number of sulfone groups is 2. The summed E-state index contributed by atoms with van der Waals surface area (Å²) in [6, 6.07) is 5.31. The maximum atomic E-state index is 12.9. The molecular formula is C18H24ClNO4S2. The van der Waals surface area contributed by atoms with Crippen molar-refractivity contribution in [3.63, 3.8) is 0 Å². The fraction of sp³-hybridized carbons (Fsp3) is 0.556. The van der Waals surface area contributed by atoms with Crippen LogP contribution in [0.5, 0.6) is 0 Å². The van der Waals surface area contributed by atoms with Gasteiger partial charge >= 0.3 is 0 Å². The van der Waals surface area contributed by atoms with Gasteiger partial charge in [0.05, 0.1) is 21.7 Å². The van der Waals surface area contributed by atoms with Crippen LogP contribution in [0, 0.1) is 0 Å². The smallest absolute Gasteiger partial charge is 0.183 e. The van der Waals surface area contributed by atoms with Crippen molar-refractivity contribution in [1.29, 1.82) is 0 Å². The minimum atomic E-state index is -3.75. The van der Waals surface area contributed by atoms with E-state index in [1.807, 2.05) is 0 Å². The van der Waals surface area contributed by atoms with E-state index in [9.17, 15) is 16.8 Å². The van der Waals surface area contributed by atoms with E-state index in [0.29, 0.717) is 11.6 Å². The Bertz CT molecular complexity index is 876. The molecule has 0 radical (unpaired) electrons. The lowest BCUT2D eigenvalue weighted by Gasteiger charge is -2.21. The molecule has 0 unspecified atom stereocenters. The van der Waals surface area contributed by atoms with Crippen LogP contribution in [-0.4, -0.2) is 46.2 Å². The molecule has 1 aliphatic heterocycles. The second kappa shape index (κ2) is 8.00. The van der Waals surface area contributed by atoms with Crippen molar-refractivity contribution >= 4 is 31.3 Å². The lowest BCUT2D eigenvalue weighted by molar-refractivity contribution is 0.523. The molecule has 1 aromatic rings. The Labute approximate surface area is 160 Å². The fourth-order valence-corrected chi connectivity index (χ4v) is 8.50. The van der Waals surface area contributed by atoms with Crippen molar-refractivity contribution in [3.8, 4) is 0 Å². The first-order valence-corrected chi connectivity index (χ1v) is 12.6. The number of nitrogens with one attached hydrogen (secondary N) is 1. The zero-order valence-electron chi connectivity index (χ0n) is 14.5. The molecule has 3 rings (SSSR count). The first-order valence-electron chi connectivity index (χ1n) is 8.89. The molecule has 8 heteroatoms. The predicted molar refractivity (Wildman–Crippen MR) is 104 cm³/mol. The Morgan fingerprint density at radius 2 is 1.85 bits per heavy atom. The monoisotopic (exact) mass is 417 g/mol. The lowest BCUT2D eigenvalue weighted by atomic mass is 9.97. The molecule has 1 N–H and O–H groups in total. The minimum absolute atomic E-state index is 0.116. The van der Waals surface area contributed by atoms with Crippen molar-refractivity contribution in [2.75, 3.05) is 18.1 Å². The highest BCUT2D eigenvalue weighted by molar-refractivity contribution is 7.96. The number of halogens is 1. The number of benzene rings is 1. The molecule has 2 atom stereocenters. The van der Waals surface area contributed by atoms with Crippen LogP contribution in [0.3, 0.4) is 0 Å². The van der Waals surface area contributed by atoms with Gasteiger partial charge in [0.1, 0.15) is 0 Å². The highest BCUT2D eigenvalue weighted by Gasteiger charge is 2.45. The molecule has 0 amide bonds. The lowest BCUT2D eigenvalue weighted by Crippen LogP contribution is -2.43. The van der Waals surface area contributed by atoms with Crippen molar-refractivity contribution in [2.24, 2.45) is 0 Å². The molecule has 0 aromatic heterocycles. The van der Waals surface area contributed by atoms with Crippen LogP contribution in [0.1, 0.15) is 32.1 Å². The molecule has 0 spiro atoms. The van der Waals surface area contributed by atoms with E-state index < -0.39 is 31.0 Å². The van der Waals surface area contributed by atoms with Gasteiger partial charge < -0.3 is 5.32 Å². The molecule has 26 heavy (non-hydrogen) atoms. The van der Waals surface area contributed by atoms with Gasteiger partial charge in [-0.15, -0.1) is 0 Å². The maximum Gasteiger partial charge on any atom is 0.183 e. The quantitative estimate of drug-likeness (QED) is 0.720. The van der Waals surface area contributed by atoms with Crippen LogP contribution in [0.2, 0.25) is 5.02 Å². The largest absolute Gasteiger partial charge is 0.311 e. The van der Waals surface area contributed by atoms with Crippen molar-refractivity contribution in [2.45, 2.75) is 48.3 Å². The van der Waals surface area contributed by atoms with E-state index in [1.165, 1.54) is 42.7 Å². The van der Waals surface area contributed by atoms with Crippen LogP contribution in [-0.2, 0) is 19.7 Å². The van der Waals surface area contributed by atoms with Gasteiger partial charge in [-0.1, -0.05) is 23.3 Å². The molecule has 1 saturated heterocycles. The summed E-state index contributed by atoms with van der Waals surface area (Å²) in [5.41, 5.74) is 1.38. The van der Waals surface area contributed by atoms with Gasteiger partial charge in [-0.25, -0.2) is 16.8 Å². The second-order valence-electron chi connectivity index (χ2n) is 7.03. The second-order valence-corrected chi connectivity index (χ2v) is 11.8. The molecule has 5 nitrogen and oxygen atoms in total. The van der Waals surface area contributed by atoms with Gasteiger partial charge in [-0.3, -0.25) is 0 Å². The first-order chi connectivity index (χ1) is 12.3. The minimum Gasteiger partial charge on any atom is -0.311 e. The van der Waals surface area contributed by atoms with Crippen molar-refractivity contribution < 1.29 is 16.8 Å². The third kappa shape index (κ3) is 4.68. The average molecular weight is 418 g/mol. The van der Waals surface area contributed by atoms with E-state index in [4.69, 9.17) is 11.6 Å². The highest BCUT2D eigenvalue weighted by Crippen LogP contribution is 2.27. The SMILES string of the molecule is O=S1(=O)C[C@H](NCCC2=CCCCC2)[C@@H](S(=O)(=O)c2ccc(Cl)cc2)C1. The summed E-state index contributed by atoms with van der Waals surface area (Å²) in [6.07, 6.45) is 7.68. The Morgan fingerprint density at radius 1 is 1.12 bits per heavy atom. The van der Waals surface area contributed by atoms with Gasteiger partial charge in [0, 0.05) is 11.1 Å². The van der Waals surface area contributed by atoms with Crippen LogP contribution in [0.25, 0.3) is 0 Å².